The van der Waals surface area contributed by atoms with E-state index in [0.717, 1.165) is 10.8 Å². The van der Waals surface area contributed by atoms with Gasteiger partial charge in [-0.2, -0.15) is 0 Å². The van der Waals surface area contributed by atoms with E-state index >= 15 is 0 Å². The maximum atomic E-state index is 5.79. The molecule has 3 aromatic rings. The van der Waals surface area contributed by atoms with Crippen molar-refractivity contribution >= 4 is 11.3 Å². The highest BCUT2D eigenvalue weighted by Gasteiger charge is 2.22. The van der Waals surface area contributed by atoms with Crippen molar-refractivity contribution in [3.8, 4) is 5.75 Å². The highest BCUT2D eigenvalue weighted by molar-refractivity contribution is 7.09. The van der Waals surface area contributed by atoms with Gasteiger partial charge < -0.3 is 4.74 Å². The topological polar surface area (TPSA) is 22.1 Å². The van der Waals surface area contributed by atoms with Gasteiger partial charge in [-0.15, -0.1) is 11.3 Å². The average Bonchev–Trinajstić information content (AvgIpc) is 3.07. The number of benzene rings is 2. The van der Waals surface area contributed by atoms with Crippen LogP contribution in [0.1, 0.15) is 35.5 Å². The summed E-state index contributed by atoms with van der Waals surface area (Å²) in [5.41, 5.74) is 3.86. The van der Waals surface area contributed by atoms with Gasteiger partial charge in [0.25, 0.3) is 0 Å². The van der Waals surface area contributed by atoms with E-state index < -0.39 is 0 Å². The summed E-state index contributed by atoms with van der Waals surface area (Å²) in [5, 5.41) is 2.96. The molecule has 0 unspecified atom stereocenters. The smallest absolute Gasteiger partial charge is 0.140 e. The van der Waals surface area contributed by atoms with E-state index in [9.17, 15) is 0 Å². The molecule has 1 heterocycles. The fourth-order valence-corrected chi connectivity index (χ4v) is 3.10. The van der Waals surface area contributed by atoms with E-state index in [-0.39, 0.29) is 5.41 Å². The first-order valence-corrected chi connectivity index (χ1v) is 8.62. The molecule has 0 radical (unpaired) electrons. The largest absolute Gasteiger partial charge is 0.486 e. The Kier molecular flexibility index (Phi) is 4.49. The number of nitrogens with zero attached hydrogens (tertiary/aromatic N) is 1. The van der Waals surface area contributed by atoms with Crippen molar-refractivity contribution in [1.29, 1.82) is 0 Å². The Morgan fingerprint density at radius 2 is 1.57 bits per heavy atom. The third-order valence-electron chi connectivity index (χ3n) is 4.20. The van der Waals surface area contributed by atoms with E-state index in [1.807, 2.05) is 17.5 Å². The molecule has 3 heteroatoms. The van der Waals surface area contributed by atoms with Crippen LogP contribution >= 0.6 is 11.3 Å². The molecule has 23 heavy (non-hydrogen) atoms. The first-order valence-electron chi connectivity index (χ1n) is 7.74. The molecule has 0 aliphatic rings. The Hall–Kier alpha value is -2.13. The zero-order valence-electron chi connectivity index (χ0n) is 13.7. The lowest BCUT2D eigenvalue weighted by Crippen LogP contribution is -2.18. The second kappa shape index (κ2) is 6.55. The van der Waals surface area contributed by atoms with Gasteiger partial charge in [-0.25, -0.2) is 4.98 Å². The standard InChI is InChI=1S/C20H21NOS/c1-15-4-6-16(7-5-15)20(2,3)17-8-10-18(11-9-17)22-14-19-21-12-13-23-19/h4-13H,14H2,1-3H3. The van der Waals surface area contributed by atoms with Crippen molar-refractivity contribution in [3.63, 3.8) is 0 Å². The highest BCUT2D eigenvalue weighted by atomic mass is 32.1. The van der Waals surface area contributed by atoms with Gasteiger partial charge in [0.2, 0.25) is 0 Å². The van der Waals surface area contributed by atoms with Crippen molar-refractivity contribution < 1.29 is 4.74 Å². The minimum atomic E-state index is -0.0263. The van der Waals surface area contributed by atoms with Crippen molar-refractivity contribution in [2.45, 2.75) is 32.8 Å². The van der Waals surface area contributed by atoms with Gasteiger partial charge in [0.1, 0.15) is 17.4 Å². The van der Waals surface area contributed by atoms with Crippen LogP contribution in [-0.2, 0) is 12.0 Å². The Balaban J connectivity index is 1.74. The molecule has 0 spiro atoms. The van der Waals surface area contributed by atoms with Gasteiger partial charge in [-0.1, -0.05) is 55.8 Å². The molecule has 3 rings (SSSR count). The Morgan fingerprint density at radius 3 is 2.13 bits per heavy atom. The van der Waals surface area contributed by atoms with Crippen LogP contribution in [0.15, 0.2) is 60.1 Å². The van der Waals surface area contributed by atoms with Crippen LogP contribution in [0.4, 0.5) is 0 Å². The van der Waals surface area contributed by atoms with Crippen molar-refractivity contribution in [3.05, 3.63) is 81.8 Å². The number of aryl methyl sites for hydroxylation is 1. The zero-order valence-corrected chi connectivity index (χ0v) is 14.6. The molecule has 2 nitrogen and oxygen atoms in total. The molecule has 0 atom stereocenters. The molecule has 0 saturated heterocycles. The van der Waals surface area contributed by atoms with Crippen molar-refractivity contribution in [1.82, 2.24) is 4.98 Å². The summed E-state index contributed by atoms with van der Waals surface area (Å²) in [4.78, 5) is 4.23. The van der Waals surface area contributed by atoms with Gasteiger partial charge >= 0.3 is 0 Å². The molecule has 1 aromatic heterocycles. The van der Waals surface area contributed by atoms with E-state index in [1.54, 1.807) is 17.5 Å². The molecular weight excluding hydrogens is 302 g/mol. The molecule has 0 aliphatic heterocycles. The molecule has 0 saturated carbocycles. The molecule has 0 N–H and O–H groups in total. The van der Waals surface area contributed by atoms with Crippen LogP contribution in [0.3, 0.4) is 0 Å². The monoisotopic (exact) mass is 323 g/mol. The Morgan fingerprint density at radius 1 is 0.957 bits per heavy atom. The lowest BCUT2D eigenvalue weighted by atomic mass is 9.78. The predicted molar refractivity (Wildman–Crippen MR) is 96.2 cm³/mol. The third kappa shape index (κ3) is 3.62. The molecule has 0 fully saturated rings. The first-order chi connectivity index (χ1) is 11.1. The number of aromatic nitrogens is 1. The molecule has 0 amide bonds. The zero-order chi connectivity index (χ0) is 16.3. The second-order valence-corrected chi connectivity index (χ2v) is 7.21. The number of hydrogen-bond acceptors (Lipinski definition) is 3. The maximum Gasteiger partial charge on any atom is 0.140 e. The van der Waals surface area contributed by atoms with Crippen LogP contribution in [-0.4, -0.2) is 4.98 Å². The summed E-state index contributed by atoms with van der Waals surface area (Å²) in [6, 6.07) is 17.1. The SMILES string of the molecule is Cc1ccc(C(C)(C)c2ccc(OCc3nccs3)cc2)cc1. The summed E-state index contributed by atoms with van der Waals surface area (Å²) in [6.45, 7) is 7.15. The quantitative estimate of drug-likeness (QED) is 0.631. The second-order valence-electron chi connectivity index (χ2n) is 6.23. The van der Waals surface area contributed by atoms with Gasteiger partial charge in [-0.3, -0.25) is 0 Å². The molecule has 118 valence electrons. The predicted octanol–water partition coefficient (Wildman–Crippen LogP) is 5.36. The molecule has 0 bridgehead atoms. The summed E-state index contributed by atoms with van der Waals surface area (Å²) in [5.74, 6) is 0.878. The summed E-state index contributed by atoms with van der Waals surface area (Å²) >= 11 is 1.61. The number of hydrogen-bond donors (Lipinski definition) is 0. The van der Waals surface area contributed by atoms with Crippen LogP contribution in [0, 0.1) is 6.92 Å². The van der Waals surface area contributed by atoms with E-state index in [0.29, 0.717) is 6.61 Å². The van der Waals surface area contributed by atoms with Crippen molar-refractivity contribution in [2.75, 3.05) is 0 Å². The fraction of sp³-hybridized carbons (Fsp3) is 0.250. The average molecular weight is 323 g/mol. The minimum Gasteiger partial charge on any atom is -0.486 e. The van der Waals surface area contributed by atoms with Gasteiger partial charge in [-0.05, 0) is 30.2 Å². The first kappa shape index (κ1) is 15.8. The third-order valence-corrected chi connectivity index (χ3v) is 4.95. The number of ether oxygens (including phenoxy) is 1. The van der Waals surface area contributed by atoms with Crippen LogP contribution < -0.4 is 4.74 Å². The Labute approximate surface area is 141 Å². The molecule has 0 aliphatic carbocycles. The van der Waals surface area contributed by atoms with Crippen molar-refractivity contribution in [2.24, 2.45) is 0 Å². The normalized spacial score (nSPS) is 11.4. The van der Waals surface area contributed by atoms with E-state index in [1.165, 1.54) is 16.7 Å². The van der Waals surface area contributed by atoms with E-state index in [4.69, 9.17) is 4.74 Å². The summed E-state index contributed by atoms with van der Waals surface area (Å²) in [6.07, 6.45) is 1.80. The number of thiazole rings is 1. The van der Waals surface area contributed by atoms with Crippen LogP contribution in [0.2, 0.25) is 0 Å². The highest BCUT2D eigenvalue weighted by Crippen LogP contribution is 2.32. The maximum absolute atomic E-state index is 5.79. The van der Waals surface area contributed by atoms with Gasteiger partial charge in [0.15, 0.2) is 0 Å². The lowest BCUT2D eigenvalue weighted by Gasteiger charge is -2.26. The summed E-state index contributed by atoms with van der Waals surface area (Å²) < 4.78 is 5.79. The van der Waals surface area contributed by atoms with Gasteiger partial charge in [0, 0.05) is 17.0 Å². The minimum absolute atomic E-state index is 0.0263. The fourth-order valence-electron chi connectivity index (χ4n) is 2.57. The molecule has 2 aromatic carbocycles. The van der Waals surface area contributed by atoms with Gasteiger partial charge in [0.05, 0.1) is 0 Å². The van der Waals surface area contributed by atoms with Crippen LogP contribution in [0.25, 0.3) is 0 Å². The Bertz CT molecular complexity index is 743. The molecular formula is C20H21NOS. The van der Waals surface area contributed by atoms with Crippen LogP contribution in [0.5, 0.6) is 5.75 Å². The number of rotatable bonds is 5. The lowest BCUT2D eigenvalue weighted by molar-refractivity contribution is 0.305. The summed E-state index contributed by atoms with van der Waals surface area (Å²) in [7, 11) is 0. The van der Waals surface area contributed by atoms with E-state index in [2.05, 4.69) is 62.2 Å².